The molecular formula is C25H24N2O5S. The van der Waals surface area contributed by atoms with Crippen LogP contribution in [0.1, 0.15) is 21.3 Å². The van der Waals surface area contributed by atoms with Crippen molar-refractivity contribution in [2.75, 3.05) is 37.3 Å². The molecule has 1 N–H and O–H groups in total. The molecule has 1 heterocycles. The Morgan fingerprint density at radius 2 is 1.58 bits per heavy atom. The molecule has 0 aromatic heterocycles. The number of thioether (sulfide) groups is 1. The maximum atomic E-state index is 12.7. The summed E-state index contributed by atoms with van der Waals surface area (Å²) in [5.74, 6) is 1.94. The Balaban J connectivity index is 1.52. The molecule has 170 valence electrons. The van der Waals surface area contributed by atoms with Gasteiger partial charge in [-0.15, -0.1) is 11.8 Å². The number of nitrogens with zero attached hydrogens (tertiary/aromatic N) is 1. The van der Waals surface area contributed by atoms with Crippen LogP contribution < -0.4 is 24.4 Å². The Morgan fingerprint density at radius 3 is 2.21 bits per heavy atom. The molecule has 4 rings (SSSR count). The van der Waals surface area contributed by atoms with Crippen molar-refractivity contribution >= 4 is 35.0 Å². The van der Waals surface area contributed by atoms with E-state index in [2.05, 4.69) is 5.32 Å². The fourth-order valence-corrected chi connectivity index (χ4v) is 4.76. The fourth-order valence-electron chi connectivity index (χ4n) is 3.58. The highest BCUT2D eigenvalue weighted by molar-refractivity contribution is 8.00. The average Bonchev–Trinajstić information content (AvgIpc) is 3.25. The van der Waals surface area contributed by atoms with Gasteiger partial charge in [0.1, 0.15) is 22.6 Å². The molecule has 2 amide bonds. The van der Waals surface area contributed by atoms with Crippen molar-refractivity contribution in [3.63, 3.8) is 0 Å². The molecule has 3 aromatic carbocycles. The minimum absolute atomic E-state index is 0.0441. The van der Waals surface area contributed by atoms with Gasteiger partial charge in [-0.1, -0.05) is 18.2 Å². The van der Waals surface area contributed by atoms with Crippen molar-refractivity contribution < 1.29 is 23.8 Å². The third-order valence-corrected chi connectivity index (χ3v) is 6.48. The maximum Gasteiger partial charge on any atom is 0.255 e. The number of methoxy groups -OCH3 is 3. The molecule has 0 bridgehead atoms. The third kappa shape index (κ3) is 4.90. The van der Waals surface area contributed by atoms with E-state index >= 15 is 0 Å². The van der Waals surface area contributed by atoms with Crippen LogP contribution in [0.15, 0.2) is 66.7 Å². The van der Waals surface area contributed by atoms with Crippen LogP contribution in [-0.2, 0) is 4.79 Å². The molecule has 1 fully saturated rings. The monoisotopic (exact) mass is 464 g/mol. The molecule has 0 unspecified atom stereocenters. The number of ether oxygens (including phenoxy) is 3. The van der Waals surface area contributed by atoms with Crippen LogP contribution in [-0.4, -0.2) is 38.9 Å². The van der Waals surface area contributed by atoms with Gasteiger partial charge >= 0.3 is 0 Å². The zero-order chi connectivity index (χ0) is 23.4. The summed E-state index contributed by atoms with van der Waals surface area (Å²) in [6.07, 6.45) is 0. The standard InChI is InChI=1S/C25H24N2O5S/c1-30-20-6-4-5-19(13-20)27-23(28)15-33-25(27)16-7-9-18(10-8-16)26-24(29)17-11-21(31-2)14-22(12-17)32-3/h4-14,25H,15H2,1-3H3,(H,26,29)/t25-/m1/s1. The van der Waals surface area contributed by atoms with E-state index in [-0.39, 0.29) is 17.2 Å². The smallest absolute Gasteiger partial charge is 0.255 e. The van der Waals surface area contributed by atoms with E-state index in [0.29, 0.717) is 34.3 Å². The average molecular weight is 465 g/mol. The second-order valence-electron chi connectivity index (χ2n) is 7.31. The maximum absolute atomic E-state index is 12.7. The van der Waals surface area contributed by atoms with E-state index in [0.717, 1.165) is 11.3 Å². The van der Waals surface area contributed by atoms with E-state index in [1.165, 1.54) is 14.2 Å². The molecule has 1 aliphatic rings. The van der Waals surface area contributed by atoms with E-state index in [1.54, 1.807) is 42.0 Å². The van der Waals surface area contributed by atoms with Crippen molar-refractivity contribution in [3.05, 3.63) is 77.9 Å². The summed E-state index contributed by atoms with van der Waals surface area (Å²) in [5.41, 5.74) is 2.83. The highest BCUT2D eigenvalue weighted by Gasteiger charge is 2.34. The third-order valence-electron chi connectivity index (χ3n) is 5.27. The van der Waals surface area contributed by atoms with Gasteiger partial charge in [-0.3, -0.25) is 14.5 Å². The Kier molecular flexibility index (Phi) is 6.74. The number of benzene rings is 3. The molecule has 1 saturated heterocycles. The molecule has 3 aromatic rings. The highest BCUT2D eigenvalue weighted by atomic mass is 32.2. The first-order valence-corrected chi connectivity index (χ1v) is 11.3. The minimum atomic E-state index is -0.275. The van der Waals surface area contributed by atoms with Crippen molar-refractivity contribution in [1.29, 1.82) is 0 Å². The van der Waals surface area contributed by atoms with Crippen LogP contribution in [0.4, 0.5) is 11.4 Å². The number of anilines is 2. The second kappa shape index (κ2) is 9.87. The summed E-state index contributed by atoms with van der Waals surface area (Å²) in [7, 11) is 4.68. The summed E-state index contributed by atoms with van der Waals surface area (Å²) >= 11 is 1.57. The van der Waals surface area contributed by atoms with Gasteiger partial charge in [0.2, 0.25) is 5.91 Å². The number of carbonyl (C=O) groups excluding carboxylic acids is 2. The normalized spacial score (nSPS) is 15.3. The van der Waals surface area contributed by atoms with Gasteiger partial charge in [0, 0.05) is 29.1 Å². The zero-order valence-electron chi connectivity index (χ0n) is 18.5. The molecule has 0 radical (unpaired) electrons. The van der Waals surface area contributed by atoms with Crippen LogP contribution in [0.25, 0.3) is 0 Å². The SMILES string of the molecule is COc1cc(OC)cc(C(=O)Nc2ccc([C@H]3SCC(=O)N3c3cccc(OC)c3)cc2)c1. The summed E-state index contributed by atoms with van der Waals surface area (Å²) in [6.45, 7) is 0. The Labute approximate surface area is 196 Å². The Bertz CT molecular complexity index is 1140. The van der Waals surface area contributed by atoms with Crippen molar-refractivity contribution in [1.82, 2.24) is 0 Å². The first-order chi connectivity index (χ1) is 16.0. The molecule has 1 aliphatic heterocycles. The molecule has 0 aliphatic carbocycles. The fraction of sp³-hybridized carbons (Fsp3) is 0.200. The van der Waals surface area contributed by atoms with Gasteiger partial charge in [0.25, 0.3) is 5.91 Å². The minimum Gasteiger partial charge on any atom is -0.497 e. The molecule has 1 atom stereocenters. The number of hydrogen-bond acceptors (Lipinski definition) is 6. The van der Waals surface area contributed by atoms with Gasteiger partial charge in [0.15, 0.2) is 0 Å². The van der Waals surface area contributed by atoms with Crippen LogP contribution in [0.2, 0.25) is 0 Å². The molecule has 0 spiro atoms. The summed E-state index contributed by atoms with van der Waals surface area (Å²) in [6, 6.07) is 20.0. The number of amides is 2. The van der Waals surface area contributed by atoms with Gasteiger partial charge < -0.3 is 19.5 Å². The van der Waals surface area contributed by atoms with Crippen molar-refractivity contribution in [3.8, 4) is 17.2 Å². The number of carbonyl (C=O) groups is 2. The molecular weight excluding hydrogens is 440 g/mol. The number of nitrogens with one attached hydrogen (secondary N) is 1. The molecule has 33 heavy (non-hydrogen) atoms. The van der Waals surface area contributed by atoms with E-state index in [1.807, 2.05) is 48.5 Å². The van der Waals surface area contributed by atoms with E-state index in [9.17, 15) is 9.59 Å². The number of rotatable bonds is 7. The van der Waals surface area contributed by atoms with Crippen molar-refractivity contribution in [2.45, 2.75) is 5.37 Å². The second-order valence-corrected chi connectivity index (χ2v) is 8.37. The topological polar surface area (TPSA) is 77.1 Å². The highest BCUT2D eigenvalue weighted by Crippen LogP contribution is 2.42. The lowest BCUT2D eigenvalue weighted by Crippen LogP contribution is -2.27. The summed E-state index contributed by atoms with van der Waals surface area (Å²) < 4.78 is 15.8. The van der Waals surface area contributed by atoms with Gasteiger partial charge in [-0.05, 0) is 42.0 Å². The predicted molar refractivity (Wildman–Crippen MR) is 130 cm³/mol. The lowest BCUT2D eigenvalue weighted by molar-refractivity contribution is -0.115. The lowest BCUT2D eigenvalue weighted by atomic mass is 10.1. The molecule has 8 heteroatoms. The van der Waals surface area contributed by atoms with Crippen LogP contribution in [0, 0.1) is 0 Å². The zero-order valence-corrected chi connectivity index (χ0v) is 19.3. The van der Waals surface area contributed by atoms with Crippen LogP contribution in [0.3, 0.4) is 0 Å². The molecule has 7 nitrogen and oxygen atoms in total. The van der Waals surface area contributed by atoms with Gasteiger partial charge in [-0.2, -0.15) is 0 Å². The van der Waals surface area contributed by atoms with E-state index < -0.39 is 0 Å². The van der Waals surface area contributed by atoms with Gasteiger partial charge in [0.05, 0.1) is 27.1 Å². The number of hydrogen-bond donors (Lipinski definition) is 1. The summed E-state index contributed by atoms with van der Waals surface area (Å²) in [4.78, 5) is 27.1. The van der Waals surface area contributed by atoms with Crippen molar-refractivity contribution in [2.24, 2.45) is 0 Å². The lowest BCUT2D eigenvalue weighted by Gasteiger charge is -2.25. The first kappa shape index (κ1) is 22.5. The first-order valence-electron chi connectivity index (χ1n) is 10.2. The van der Waals surface area contributed by atoms with Crippen LogP contribution >= 0.6 is 11.8 Å². The summed E-state index contributed by atoms with van der Waals surface area (Å²) in [5, 5.41) is 2.74. The Morgan fingerprint density at radius 1 is 0.909 bits per heavy atom. The van der Waals surface area contributed by atoms with E-state index in [4.69, 9.17) is 14.2 Å². The van der Waals surface area contributed by atoms with Gasteiger partial charge in [-0.25, -0.2) is 0 Å². The quantitative estimate of drug-likeness (QED) is 0.544. The largest absolute Gasteiger partial charge is 0.497 e. The van der Waals surface area contributed by atoms with Crippen LogP contribution in [0.5, 0.6) is 17.2 Å². The molecule has 0 saturated carbocycles. The Hall–Kier alpha value is -3.65. The predicted octanol–water partition coefficient (Wildman–Crippen LogP) is 4.74.